The van der Waals surface area contributed by atoms with Gasteiger partial charge >= 0.3 is 6.03 Å². The summed E-state index contributed by atoms with van der Waals surface area (Å²) in [4.78, 5) is 43.2. The van der Waals surface area contributed by atoms with Crippen molar-refractivity contribution in [3.63, 3.8) is 0 Å². The Morgan fingerprint density at radius 1 is 1.05 bits per heavy atom. The van der Waals surface area contributed by atoms with Crippen molar-refractivity contribution in [1.29, 1.82) is 0 Å². The Morgan fingerprint density at radius 3 is 2.51 bits per heavy atom. The maximum absolute atomic E-state index is 13.4. The van der Waals surface area contributed by atoms with Gasteiger partial charge in [0, 0.05) is 51.6 Å². The molecule has 4 amide bonds. The van der Waals surface area contributed by atoms with E-state index in [1.807, 2.05) is 39.4 Å². The van der Waals surface area contributed by atoms with E-state index in [2.05, 4.69) is 15.5 Å². The highest BCUT2D eigenvalue weighted by atomic mass is 127. The number of fused-ring (bicyclic) bond motifs is 1. The number of benzene rings is 2. The Kier molecular flexibility index (Phi) is 8.94. The largest absolute Gasteiger partial charge is 0.384 e. The van der Waals surface area contributed by atoms with Gasteiger partial charge in [0.15, 0.2) is 0 Å². The molecule has 0 bridgehead atoms. The Morgan fingerprint density at radius 2 is 1.80 bits per heavy atom. The van der Waals surface area contributed by atoms with Gasteiger partial charge in [-0.15, -0.1) is 11.3 Å². The van der Waals surface area contributed by atoms with E-state index in [0.717, 1.165) is 66.2 Å². The molecule has 216 valence electrons. The Hall–Kier alpha value is -3.05. The molecular formula is C27H28IN5O6S2. The predicted molar refractivity (Wildman–Crippen MR) is 165 cm³/mol. The molecule has 41 heavy (non-hydrogen) atoms. The van der Waals surface area contributed by atoms with Gasteiger partial charge in [-0.3, -0.25) is 14.5 Å². The van der Waals surface area contributed by atoms with E-state index in [9.17, 15) is 22.8 Å². The van der Waals surface area contributed by atoms with Crippen LogP contribution in [-0.4, -0.2) is 70.6 Å². The standard InChI is InChI=1S/C27H28IN5O6S2/c1-17-2-7-25(40-17)41(37,38)31-27(36)30-20-4-6-23(22(28)16-20)33-24(34)15-18-14-19(3-5-21(18)26(33)35)29-8-9-32-10-12-39-13-11-32/h2-7,14,16,29H,8-13,15H2,1H3,(H2,30,31,36). The van der Waals surface area contributed by atoms with Gasteiger partial charge in [0.2, 0.25) is 5.91 Å². The molecule has 0 radical (unpaired) electrons. The van der Waals surface area contributed by atoms with Crippen LogP contribution in [0.2, 0.25) is 0 Å². The number of anilines is 3. The normalized spacial score (nSPS) is 15.9. The summed E-state index contributed by atoms with van der Waals surface area (Å²) in [5.41, 5.74) is 2.66. The van der Waals surface area contributed by atoms with Crippen molar-refractivity contribution < 1.29 is 27.5 Å². The molecule has 2 aliphatic heterocycles. The van der Waals surface area contributed by atoms with Gasteiger partial charge in [0.25, 0.3) is 15.9 Å². The molecule has 2 aromatic carbocycles. The van der Waals surface area contributed by atoms with Crippen LogP contribution in [0, 0.1) is 10.5 Å². The number of imide groups is 1. The number of sulfonamides is 1. The molecule has 3 aromatic rings. The number of nitrogens with one attached hydrogen (secondary N) is 3. The molecule has 1 fully saturated rings. The summed E-state index contributed by atoms with van der Waals surface area (Å²) in [7, 11) is -4.01. The molecule has 3 heterocycles. The number of halogens is 1. The van der Waals surface area contributed by atoms with Gasteiger partial charge in [-0.1, -0.05) is 0 Å². The first-order valence-corrected chi connectivity index (χ1v) is 16.2. The second-order valence-electron chi connectivity index (χ2n) is 9.55. The SMILES string of the molecule is Cc1ccc(S(=O)(=O)NC(=O)Nc2ccc(N3C(=O)Cc4cc(NCCN5CCOCC5)ccc4C3=O)c(I)c2)s1. The van der Waals surface area contributed by atoms with E-state index in [-0.39, 0.29) is 16.5 Å². The first-order valence-electron chi connectivity index (χ1n) is 12.8. The summed E-state index contributed by atoms with van der Waals surface area (Å²) in [6.45, 7) is 6.69. The van der Waals surface area contributed by atoms with Gasteiger partial charge in [-0.2, -0.15) is 0 Å². The molecule has 5 rings (SSSR count). The Labute approximate surface area is 255 Å². The minimum absolute atomic E-state index is 0.0355. The summed E-state index contributed by atoms with van der Waals surface area (Å²) in [5.74, 6) is -0.786. The minimum atomic E-state index is -4.01. The molecule has 1 saturated heterocycles. The van der Waals surface area contributed by atoms with Crippen LogP contribution >= 0.6 is 33.9 Å². The summed E-state index contributed by atoms with van der Waals surface area (Å²) in [6, 6.07) is 12.2. The van der Waals surface area contributed by atoms with E-state index in [0.29, 0.717) is 26.1 Å². The fourth-order valence-electron chi connectivity index (χ4n) is 4.61. The number of carbonyl (C=O) groups is 3. The van der Waals surface area contributed by atoms with Gasteiger partial charge in [0.1, 0.15) is 4.21 Å². The topological polar surface area (TPSA) is 137 Å². The third-order valence-corrected chi connectivity index (χ3v) is 10.3. The lowest BCUT2D eigenvalue weighted by Gasteiger charge is -2.28. The number of thiophene rings is 1. The monoisotopic (exact) mass is 709 g/mol. The van der Waals surface area contributed by atoms with Crippen LogP contribution in [0.3, 0.4) is 0 Å². The van der Waals surface area contributed by atoms with Gasteiger partial charge in [-0.05, 0) is 83.6 Å². The minimum Gasteiger partial charge on any atom is -0.384 e. The van der Waals surface area contributed by atoms with Crippen molar-refractivity contribution in [2.24, 2.45) is 0 Å². The van der Waals surface area contributed by atoms with E-state index in [4.69, 9.17) is 4.74 Å². The highest BCUT2D eigenvalue weighted by molar-refractivity contribution is 14.1. The number of morpholine rings is 1. The third kappa shape index (κ3) is 6.89. The Balaban J connectivity index is 1.23. The summed E-state index contributed by atoms with van der Waals surface area (Å²) in [5, 5.41) is 5.87. The van der Waals surface area contributed by atoms with Crippen molar-refractivity contribution in [1.82, 2.24) is 9.62 Å². The lowest BCUT2D eigenvalue weighted by molar-refractivity contribution is -0.117. The molecule has 14 heteroatoms. The van der Waals surface area contributed by atoms with E-state index < -0.39 is 22.0 Å². The van der Waals surface area contributed by atoms with Gasteiger partial charge in [-0.25, -0.2) is 22.8 Å². The number of ether oxygens (including phenoxy) is 1. The van der Waals surface area contributed by atoms with Crippen molar-refractivity contribution in [3.05, 3.63) is 68.1 Å². The summed E-state index contributed by atoms with van der Waals surface area (Å²) >= 11 is 3.04. The molecule has 11 nitrogen and oxygen atoms in total. The molecular weight excluding hydrogens is 681 g/mol. The molecule has 0 saturated carbocycles. The quantitative estimate of drug-likeness (QED) is 0.238. The lowest BCUT2D eigenvalue weighted by Crippen LogP contribution is -2.43. The smallest absolute Gasteiger partial charge is 0.333 e. The number of urea groups is 1. The maximum atomic E-state index is 13.4. The number of hydrogen-bond donors (Lipinski definition) is 3. The fraction of sp³-hybridized carbons (Fsp3) is 0.296. The van der Waals surface area contributed by atoms with Crippen LogP contribution in [0.4, 0.5) is 21.9 Å². The Bertz CT molecular complexity index is 1600. The third-order valence-electron chi connectivity index (χ3n) is 6.64. The van der Waals surface area contributed by atoms with Gasteiger partial charge in [0.05, 0.1) is 25.3 Å². The lowest BCUT2D eigenvalue weighted by atomic mass is 9.97. The number of carbonyl (C=O) groups excluding carboxylic acids is 3. The van der Waals surface area contributed by atoms with Crippen LogP contribution in [0.5, 0.6) is 0 Å². The molecule has 0 spiro atoms. The highest BCUT2D eigenvalue weighted by Crippen LogP contribution is 2.32. The first-order chi connectivity index (χ1) is 19.6. The number of aryl methyl sites for hydroxylation is 1. The number of amides is 4. The van der Waals surface area contributed by atoms with Crippen molar-refractivity contribution in [2.45, 2.75) is 17.6 Å². The summed E-state index contributed by atoms with van der Waals surface area (Å²) < 4.78 is 32.8. The summed E-state index contributed by atoms with van der Waals surface area (Å²) in [6.07, 6.45) is 0.0681. The van der Waals surface area contributed by atoms with Crippen molar-refractivity contribution >= 4 is 78.9 Å². The zero-order chi connectivity index (χ0) is 29.1. The molecule has 3 N–H and O–H groups in total. The molecule has 1 aromatic heterocycles. The van der Waals surface area contributed by atoms with E-state index in [1.165, 1.54) is 12.1 Å². The molecule has 0 aliphatic carbocycles. The van der Waals surface area contributed by atoms with Crippen LogP contribution in [-0.2, 0) is 26.0 Å². The highest BCUT2D eigenvalue weighted by Gasteiger charge is 2.33. The number of hydrogen-bond acceptors (Lipinski definition) is 9. The molecule has 0 unspecified atom stereocenters. The first kappa shape index (κ1) is 29.4. The predicted octanol–water partition coefficient (Wildman–Crippen LogP) is 3.65. The average molecular weight is 710 g/mol. The van der Waals surface area contributed by atoms with Crippen molar-refractivity contribution in [2.75, 3.05) is 54.9 Å². The number of nitrogens with zero attached hydrogens (tertiary/aromatic N) is 2. The van der Waals surface area contributed by atoms with Crippen LogP contribution in [0.1, 0.15) is 20.8 Å². The zero-order valence-electron chi connectivity index (χ0n) is 22.1. The zero-order valence-corrected chi connectivity index (χ0v) is 25.9. The van der Waals surface area contributed by atoms with Crippen LogP contribution in [0.15, 0.2) is 52.7 Å². The fourth-order valence-corrected chi connectivity index (χ4v) is 7.56. The van der Waals surface area contributed by atoms with Crippen LogP contribution < -0.4 is 20.3 Å². The molecule has 2 aliphatic rings. The second kappa shape index (κ2) is 12.4. The van der Waals surface area contributed by atoms with E-state index >= 15 is 0 Å². The molecule has 0 atom stereocenters. The van der Waals surface area contributed by atoms with E-state index in [1.54, 1.807) is 31.2 Å². The maximum Gasteiger partial charge on any atom is 0.333 e. The average Bonchev–Trinajstić information content (AvgIpc) is 3.37. The second-order valence-corrected chi connectivity index (χ2v) is 13.9. The van der Waals surface area contributed by atoms with Crippen LogP contribution in [0.25, 0.3) is 0 Å². The van der Waals surface area contributed by atoms with Crippen molar-refractivity contribution in [3.8, 4) is 0 Å². The number of rotatable bonds is 8. The van der Waals surface area contributed by atoms with Gasteiger partial charge < -0.3 is 15.4 Å².